The van der Waals surface area contributed by atoms with E-state index in [9.17, 15) is 4.79 Å². The monoisotopic (exact) mass is 295 g/mol. The van der Waals surface area contributed by atoms with Crippen molar-refractivity contribution in [3.63, 3.8) is 0 Å². The van der Waals surface area contributed by atoms with Crippen LogP contribution in [0.1, 0.15) is 16.1 Å². The maximum Gasteiger partial charge on any atom is 0.274 e. The summed E-state index contributed by atoms with van der Waals surface area (Å²) in [4.78, 5) is 21.4. The summed E-state index contributed by atoms with van der Waals surface area (Å²) in [5.41, 5.74) is 1.08. The fourth-order valence-electron chi connectivity index (χ4n) is 1.59. The highest BCUT2D eigenvalue weighted by Gasteiger charge is 2.15. The lowest BCUT2D eigenvalue weighted by atomic mass is 10.2. The van der Waals surface area contributed by atoms with E-state index in [1.807, 2.05) is 18.2 Å². The largest absolute Gasteiger partial charge is 0.336 e. The Kier molecular flexibility index (Phi) is 4.35. The summed E-state index contributed by atoms with van der Waals surface area (Å²) >= 11 is 11.8. The topological polar surface area (TPSA) is 46.1 Å². The van der Waals surface area contributed by atoms with Crippen molar-refractivity contribution in [2.24, 2.45) is 0 Å². The minimum Gasteiger partial charge on any atom is -0.336 e. The molecule has 98 valence electrons. The number of aromatic nitrogens is 2. The number of carbonyl (C=O) groups is 1. The second-order valence-electron chi connectivity index (χ2n) is 3.98. The van der Waals surface area contributed by atoms with E-state index in [2.05, 4.69) is 9.97 Å². The molecular weight excluding hydrogens is 285 g/mol. The van der Waals surface area contributed by atoms with Crippen molar-refractivity contribution in [1.82, 2.24) is 14.9 Å². The highest BCUT2D eigenvalue weighted by atomic mass is 35.5. The molecule has 0 bridgehead atoms. The highest BCUT2D eigenvalue weighted by molar-refractivity contribution is 6.31. The Morgan fingerprint density at radius 1 is 1.26 bits per heavy atom. The average Bonchev–Trinajstić information content (AvgIpc) is 2.40. The lowest BCUT2D eigenvalue weighted by Gasteiger charge is -2.17. The number of carbonyl (C=O) groups excluding carboxylic acids is 1. The normalized spacial score (nSPS) is 10.3. The Labute approximate surface area is 121 Å². The van der Waals surface area contributed by atoms with E-state index in [0.29, 0.717) is 11.6 Å². The molecule has 6 heteroatoms. The lowest BCUT2D eigenvalue weighted by molar-refractivity contribution is 0.0779. The fraction of sp³-hybridized carbons (Fsp3) is 0.154. The Balaban J connectivity index is 2.14. The molecule has 0 radical (unpaired) electrons. The van der Waals surface area contributed by atoms with Gasteiger partial charge in [-0.25, -0.2) is 4.98 Å². The van der Waals surface area contributed by atoms with Gasteiger partial charge in [0.15, 0.2) is 0 Å². The molecule has 0 aliphatic carbocycles. The van der Waals surface area contributed by atoms with Gasteiger partial charge >= 0.3 is 0 Å². The van der Waals surface area contributed by atoms with Crippen molar-refractivity contribution in [2.75, 3.05) is 7.05 Å². The Morgan fingerprint density at radius 2 is 2.00 bits per heavy atom. The quantitative estimate of drug-likeness (QED) is 0.874. The number of halogens is 2. The molecule has 0 aliphatic rings. The van der Waals surface area contributed by atoms with Gasteiger partial charge < -0.3 is 4.90 Å². The lowest BCUT2D eigenvalue weighted by Crippen LogP contribution is -2.27. The molecule has 1 heterocycles. The Hall–Kier alpha value is -1.65. The third kappa shape index (κ3) is 3.43. The number of rotatable bonds is 3. The SMILES string of the molecule is CN(Cc1ccccc1Cl)C(=O)c1cncc(Cl)n1. The summed E-state index contributed by atoms with van der Waals surface area (Å²) in [5, 5.41) is 0.816. The van der Waals surface area contributed by atoms with Crippen molar-refractivity contribution < 1.29 is 4.79 Å². The van der Waals surface area contributed by atoms with E-state index in [0.717, 1.165) is 5.56 Å². The van der Waals surface area contributed by atoms with Crippen molar-refractivity contribution in [2.45, 2.75) is 6.54 Å². The molecule has 0 saturated carbocycles. The fourth-order valence-corrected chi connectivity index (χ4v) is 1.94. The molecule has 4 nitrogen and oxygen atoms in total. The van der Waals surface area contributed by atoms with Crippen molar-refractivity contribution in [1.29, 1.82) is 0 Å². The first kappa shape index (κ1) is 13.8. The molecule has 0 aliphatic heterocycles. The predicted octanol–water partition coefficient (Wildman–Crippen LogP) is 3.06. The zero-order valence-electron chi connectivity index (χ0n) is 10.2. The summed E-state index contributed by atoms with van der Waals surface area (Å²) in [6, 6.07) is 7.37. The first-order valence-electron chi connectivity index (χ1n) is 5.54. The van der Waals surface area contributed by atoms with Gasteiger partial charge in [0, 0.05) is 18.6 Å². The van der Waals surface area contributed by atoms with E-state index in [1.54, 1.807) is 13.1 Å². The van der Waals surface area contributed by atoms with Gasteiger partial charge in [0.2, 0.25) is 0 Å². The smallest absolute Gasteiger partial charge is 0.274 e. The highest BCUT2D eigenvalue weighted by Crippen LogP contribution is 2.17. The number of benzene rings is 1. The Morgan fingerprint density at radius 3 is 2.68 bits per heavy atom. The van der Waals surface area contributed by atoms with Crippen LogP contribution in [0.3, 0.4) is 0 Å². The first-order valence-corrected chi connectivity index (χ1v) is 6.30. The molecule has 1 aromatic heterocycles. The van der Waals surface area contributed by atoms with Crippen molar-refractivity contribution >= 4 is 29.1 Å². The maximum absolute atomic E-state index is 12.1. The van der Waals surface area contributed by atoms with Gasteiger partial charge in [0.25, 0.3) is 5.91 Å². The van der Waals surface area contributed by atoms with Crippen LogP contribution in [-0.2, 0) is 6.54 Å². The average molecular weight is 296 g/mol. The number of nitrogens with zero attached hydrogens (tertiary/aromatic N) is 3. The third-order valence-electron chi connectivity index (χ3n) is 2.54. The van der Waals surface area contributed by atoms with Gasteiger partial charge in [-0.2, -0.15) is 0 Å². The molecule has 2 rings (SSSR count). The summed E-state index contributed by atoms with van der Waals surface area (Å²) in [5.74, 6) is -0.255. The summed E-state index contributed by atoms with van der Waals surface area (Å²) < 4.78 is 0. The third-order valence-corrected chi connectivity index (χ3v) is 3.09. The van der Waals surface area contributed by atoms with Crippen LogP contribution < -0.4 is 0 Å². The van der Waals surface area contributed by atoms with Gasteiger partial charge in [-0.1, -0.05) is 41.4 Å². The molecule has 0 spiro atoms. The van der Waals surface area contributed by atoms with E-state index < -0.39 is 0 Å². The maximum atomic E-state index is 12.1. The molecule has 1 amide bonds. The molecule has 0 fully saturated rings. The van der Waals surface area contributed by atoms with Gasteiger partial charge in [0.1, 0.15) is 10.8 Å². The summed E-state index contributed by atoms with van der Waals surface area (Å²) in [6.45, 7) is 0.396. The summed E-state index contributed by atoms with van der Waals surface area (Å²) in [7, 11) is 1.67. The molecule has 0 N–H and O–H groups in total. The van der Waals surface area contributed by atoms with E-state index in [-0.39, 0.29) is 16.8 Å². The van der Waals surface area contributed by atoms with Gasteiger partial charge in [0.05, 0.1) is 12.4 Å². The number of hydrogen-bond donors (Lipinski definition) is 0. The minimum absolute atomic E-state index is 0.192. The molecule has 0 saturated heterocycles. The van der Waals surface area contributed by atoms with E-state index in [4.69, 9.17) is 23.2 Å². The van der Waals surface area contributed by atoms with Crippen molar-refractivity contribution in [3.8, 4) is 0 Å². The van der Waals surface area contributed by atoms with Gasteiger partial charge in [-0.05, 0) is 11.6 Å². The molecule has 2 aromatic rings. The Bertz CT molecular complexity index is 604. The van der Waals surface area contributed by atoms with Crippen LogP contribution in [-0.4, -0.2) is 27.8 Å². The standard InChI is InChI=1S/C13H11Cl2N3O/c1-18(8-9-4-2-3-5-10(9)14)13(19)11-6-16-7-12(15)17-11/h2-7H,8H2,1H3. The van der Waals surface area contributed by atoms with Crippen molar-refractivity contribution in [3.05, 3.63) is 58.1 Å². The zero-order valence-corrected chi connectivity index (χ0v) is 11.7. The van der Waals surface area contributed by atoms with E-state index in [1.165, 1.54) is 17.3 Å². The van der Waals surface area contributed by atoms with Crippen LogP contribution in [0.25, 0.3) is 0 Å². The first-order chi connectivity index (χ1) is 9.08. The molecule has 0 unspecified atom stereocenters. The zero-order chi connectivity index (χ0) is 13.8. The molecular formula is C13H11Cl2N3O. The van der Waals surface area contributed by atoms with Crippen LogP contribution in [0.2, 0.25) is 10.2 Å². The van der Waals surface area contributed by atoms with Crippen LogP contribution in [0.5, 0.6) is 0 Å². The second kappa shape index (κ2) is 5.99. The number of hydrogen-bond acceptors (Lipinski definition) is 3. The van der Waals surface area contributed by atoms with Gasteiger partial charge in [-0.3, -0.25) is 9.78 Å². The predicted molar refractivity (Wildman–Crippen MR) is 74.3 cm³/mol. The molecule has 19 heavy (non-hydrogen) atoms. The minimum atomic E-state index is -0.255. The molecule has 0 atom stereocenters. The van der Waals surface area contributed by atoms with Crippen LogP contribution in [0.15, 0.2) is 36.7 Å². The van der Waals surface area contributed by atoms with E-state index >= 15 is 0 Å². The van der Waals surface area contributed by atoms with Crippen LogP contribution >= 0.6 is 23.2 Å². The van der Waals surface area contributed by atoms with Crippen LogP contribution in [0, 0.1) is 0 Å². The number of amides is 1. The van der Waals surface area contributed by atoms with Crippen LogP contribution in [0.4, 0.5) is 0 Å². The van der Waals surface area contributed by atoms with Gasteiger partial charge in [-0.15, -0.1) is 0 Å². The second-order valence-corrected chi connectivity index (χ2v) is 4.77. The molecule has 1 aromatic carbocycles. The summed E-state index contributed by atoms with van der Waals surface area (Å²) in [6.07, 6.45) is 2.77.